The fourth-order valence-electron chi connectivity index (χ4n) is 2.91. The van der Waals surface area contributed by atoms with Crippen molar-refractivity contribution in [3.8, 4) is 11.5 Å². The van der Waals surface area contributed by atoms with Crippen molar-refractivity contribution >= 4 is 63.7 Å². The summed E-state index contributed by atoms with van der Waals surface area (Å²) in [6, 6.07) is 8.29. The minimum Gasteiger partial charge on any atom is -0.491 e. The smallest absolute Gasteiger partial charge is 0.147 e. The molecular formula is C25H32Br4O4. The van der Waals surface area contributed by atoms with Gasteiger partial charge < -0.3 is 19.7 Å². The Hall–Kier alpha value is -0.120. The zero-order valence-corrected chi connectivity index (χ0v) is 26.2. The summed E-state index contributed by atoms with van der Waals surface area (Å²) in [5.74, 6) is 1.43. The molecule has 4 nitrogen and oxygen atoms in total. The topological polar surface area (TPSA) is 58.9 Å². The number of rotatable bonds is 10. The van der Waals surface area contributed by atoms with Gasteiger partial charge in [0.2, 0.25) is 0 Å². The number of hydrogen-bond donors (Lipinski definition) is 2. The summed E-state index contributed by atoms with van der Waals surface area (Å²) < 4.78 is 15.4. The summed E-state index contributed by atoms with van der Waals surface area (Å²) in [5, 5.41) is 19.0. The molecule has 0 amide bonds. The maximum Gasteiger partial charge on any atom is 0.147 e. The van der Waals surface area contributed by atoms with Gasteiger partial charge in [-0.2, -0.15) is 0 Å². The van der Waals surface area contributed by atoms with Crippen molar-refractivity contribution in [2.24, 2.45) is 10.8 Å². The van der Waals surface area contributed by atoms with E-state index in [1.165, 1.54) is 0 Å². The molecule has 0 heterocycles. The monoisotopic (exact) mass is 712 g/mol. The van der Waals surface area contributed by atoms with E-state index in [9.17, 15) is 10.2 Å². The van der Waals surface area contributed by atoms with Crippen LogP contribution in [-0.2, 0) is 5.41 Å². The summed E-state index contributed by atoms with van der Waals surface area (Å²) in [6.45, 7) is 13.1. The molecule has 0 unspecified atom stereocenters. The van der Waals surface area contributed by atoms with Crippen LogP contribution in [0.2, 0.25) is 0 Å². The van der Waals surface area contributed by atoms with Crippen molar-refractivity contribution in [3.63, 3.8) is 0 Å². The minimum atomic E-state index is -0.328. The zero-order valence-electron chi connectivity index (χ0n) is 19.9. The molecule has 0 aliphatic rings. The summed E-state index contributed by atoms with van der Waals surface area (Å²) >= 11 is 14.7. The van der Waals surface area contributed by atoms with Gasteiger partial charge in [0.1, 0.15) is 11.5 Å². The predicted octanol–water partition coefficient (Wildman–Crippen LogP) is 7.86. The summed E-state index contributed by atoms with van der Waals surface area (Å²) in [4.78, 5) is 0. The van der Waals surface area contributed by atoms with Crippen LogP contribution in [0, 0.1) is 10.8 Å². The number of ether oxygens (including phenoxy) is 2. The van der Waals surface area contributed by atoms with Gasteiger partial charge in [0.15, 0.2) is 0 Å². The Morgan fingerprint density at radius 2 is 0.879 bits per heavy atom. The fourth-order valence-corrected chi connectivity index (χ4v) is 5.74. The van der Waals surface area contributed by atoms with E-state index in [1.54, 1.807) is 0 Å². The molecule has 2 rings (SSSR count). The van der Waals surface area contributed by atoms with E-state index >= 15 is 0 Å². The molecule has 0 radical (unpaired) electrons. The first-order valence-electron chi connectivity index (χ1n) is 10.6. The third kappa shape index (κ3) is 7.43. The lowest BCUT2D eigenvalue weighted by Gasteiger charge is -2.29. The first-order valence-corrected chi connectivity index (χ1v) is 13.8. The average molecular weight is 716 g/mol. The molecule has 0 aliphatic carbocycles. The van der Waals surface area contributed by atoms with Gasteiger partial charge in [0.05, 0.1) is 44.3 Å². The molecule has 0 saturated heterocycles. The molecule has 0 atom stereocenters. The highest BCUT2D eigenvalue weighted by molar-refractivity contribution is 9.11. The van der Waals surface area contributed by atoms with Crippen LogP contribution in [0.3, 0.4) is 0 Å². The molecule has 184 valence electrons. The van der Waals surface area contributed by atoms with Crippen LogP contribution >= 0.6 is 63.7 Å². The van der Waals surface area contributed by atoms with Crippen LogP contribution < -0.4 is 9.47 Å². The predicted molar refractivity (Wildman–Crippen MR) is 149 cm³/mol. The second-order valence-electron chi connectivity index (χ2n) is 10.4. The van der Waals surface area contributed by atoms with Gasteiger partial charge in [0.25, 0.3) is 0 Å². The second-order valence-corrected chi connectivity index (χ2v) is 13.8. The normalized spacial score (nSPS) is 12.7. The van der Waals surface area contributed by atoms with Gasteiger partial charge >= 0.3 is 0 Å². The molecule has 0 aromatic heterocycles. The van der Waals surface area contributed by atoms with Gasteiger partial charge in [-0.15, -0.1) is 0 Å². The van der Waals surface area contributed by atoms with E-state index in [0.717, 1.165) is 29.0 Å². The van der Waals surface area contributed by atoms with Gasteiger partial charge in [-0.25, -0.2) is 0 Å². The highest BCUT2D eigenvalue weighted by Crippen LogP contribution is 2.44. The average Bonchev–Trinajstić information content (AvgIpc) is 2.72. The molecule has 2 aromatic carbocycles. The molecule has 0 fully saturated rings. The zero-order chi connectivity index (χ0) is 25.2. The number of benzene rings is 2. The van der Waals surface area contributed by atoms with Gasteiger partial charge in [-0.05, 0) is 99.1 Å². The molecule has 0 spiro atoms. The van der Waals surface area contributed by atoms with Crippen molar-refractivity contribution in [3.05, 3.63) is 53.3 Å². The van der Waals surface area contributed by atoms with Crippen molar-refractivity contribution < 1.29 is 19.7 Å². The molecular weight excluding hydrogens is 684 g/mol. The Morgan fingerprint density at radius 3 is 1.12 bits per heavy atom. The molecule has 8 heteroatoms. The minimum absolute atomic E-state index is 0.0499. The van der Waals surface area contributed by atoms with Crippen molar-refractivity contribution in [2.45, 2.75) is 47.0 Å². The SMILES string of the molecule is CC(C)(CO)COc1c(Br)cc(C(C)(C)c2cc(Br)c(OCC(C)(C)CO)c(Br)c2)cc1Br. The Kier molecular flexibility index (Phi) is 9.96. The quantitative estimate of drug-likeness (QED) is 0.263. The van der Waals surface area contributed by atoms with Crippen LogP contribution in [0.4, 0.5) is 0 Å². The van der Waals surface area contributed by atoms with E-state index in [2.05, 4.69) is 102 Å². The van der Waals surface area contributed by atoms with Crippen molar-refractivity contribution in [1.29, 1.82) is 0 Å². The Labute approximate surface area is 231 Å². The highest BCUT2D eigenvalue weighted by Gasteiger charge is 2.28. The maximum atomic E-state index is 9.51. The van der Waals surface area contributed by atoms with Crippen molar-refractivity contribution in [1.82, 2.24) is 0 Å². The van der Waals surface area contributed by atoms with E-state index in [1.807, 2.05) is 27.7 Å². The van der Waals surface area contributed by atoms with E-state index in [-0.39, 0.29) is 29.5 Å². The molecule has 2 aromatic rings. The van der Waals surface area contributed by atoms with Crippen LogP contribution in [0.15, 0.2) is 42.2 Å². The van der Waals surface area contributed by atoms with E-state index in [0.29, 0.717) is 24.7 Å². The summed E-state index contributed by atoms with van der Waals surface area (Å²) in [5.41, 5.74) is 1.23. The third-order valence-electron chi connectivity index (χ3n) is 5.51. The highest BCUT2D eigenvalue weighted by atomic mass is 79.9. The fraction of sp³-hybridized carbons (Fsp3) is 0.520. The molecule has 0 bridgehead atoms. The van der Waals surface area contributed by atoms with Crippen LogP contribution in [0.1, 0.15) is 52.7 Å². The number of aliphatic hydroxyl groups is 2. The first-order chi connectivity index (χ1) is 15.1. The molecule has 2 N–H and O–H groups in total. The Bertz CT molecular complexity index is 863. The number of halogens is 4. The van der Waals surface area contributed by atoms with Gasteiger partial charge in [-0.3, -0.25) is 0 Å². The first kappa shape index (κ1) is 29.1. The maximum absolute atomic E-state index is 9.51. The van der Waals surface area contributed by atoms with Gasteiger partial charge in [-0.1, -0.05) is 41.5 Å². The van der Waals surface area contributed by atoms with Crippen molar-refractivity contribution in [2.75, 3.05) is 26.4 Å². The lowest BCUT2D eigenvalue weighted by molar-refractivity contribution is 0.0967. The summed E-state index contributed by atoms with van der Waals surface area (Å²) in [7, 11) is 0. The molecule has 0 aliphatic heterocycles. The summed E-state index contributed by atoms with van der Waals surface area (Å²) in [6.07, 6.45) is 0. The number of aliphatic hydroxyl groups excluding tert-OH is 2. The van der Waals surface area contributed by atoms with E-state index in [4.69, 9.17) is 9.47 Å². The van der Waals surface area contributed by atoms with Crippen LogP contribution in [0.5, 0.6) is 11.5 Å². The van der Waals surface area contributed by atoms with E-state index < -0.39 is 0 Å². The van der Waals surface area contributed by atoms with Crippen LogP contribution in [-0.4, -0.2) is 36.6 Å². The molecule has 33 heavy (non-hydrogen) atoms. The second kappa shape index (κ2) is 11.3. The number of hydrogen-bond acceptors (Lipinski definition) is 4. The lowest BCUT2D eigenvalue weighted by atomic mass is 9.78. The standard InChI is InChI=1S/C25H32Br4O4/c1-23(2,11-30)13-32-21-17(26)7-15(8-18(21)27)25(5,6)16-9-19(28)22(20(29)10-16)33-14-24(3,4)12-31/h7-10,30-31H,11-14H2,1-6H3. The third-order valence-corrected chi connectivity index (χ3v) is 7.87. The van der Waals surface area contributed by atoms with Gasteiger partial charge in [0, 0.05) is 16.2 Å². The van der Waals surface area contributed by atoms with Crippen LogP contribution in [0.25, 0.3) is 0 Å². The Balaban J connectivity index is 2.35. The molecule has 0 saturated carbocycles. The lowest BCUT2D eigenvalue weighted by Crippen LogP contribution is -2.26. The Morgan fingerprint density at radius 1 is 0.606 bits per heavy atom. The largest absolute Gasteiger partial charge is 0.491 e.